The molecule has 0 unspecified atom stereocenters. The van der Waals surface area contributed by atoms with Gasteiger partial charge >= 0.3 is 0 Å². The second kappa shape index (κ2) is 9.51. The summed E-state index contributed by atoms with van der Waals surface area (Å²) >= 11 is 11.6. The lowest BCUT2D eigenvalue weighted by Gasteiger charge is -2.45. The van der Waals surface area contributed by atoms with Gasteiger partial charge in [0.05, 0.1) is 9.88 Å². The number of nitrogens with zero attached hydrogens (tertiary/aromatic N) is 1. The van der Waals surface area contributed by atoms with Gasteiger partial charge in [-0.15, -0.1) is 0 Å². The molecule has 1 aromatic heterocycles. The van der Waals surface area contributed by atoms with Crippen molar-refractivity contribution in [3.8, 4) is 0 Å². The third kappa shape index (κ3) is 4.79. The summed E-state index contributed by atoms with van der Waals surface area (Å²) in [5.41, 5.74) is 0.784. The molecule has 29 heavy (non-hydrogen) atoms. The van der Waals surface area contributed by atoms with Crippen molar-refractivity contribution in [2.75, 3.05) is 13.6 Å². The van der Waals surface area contributed by atoms with Crippen LogP contribution in [0.5, 0.6) is 0 Å². The van der Waals surface area contributed by atoms with Crippen molar-refractivity contribution >= 4 is 38.8 Å². The number of nitrogens with one attached hydrogen (secondary N) is 2. The van der Waals surface area contributed by atoms with Crippen LogP contribution in [0.2, 0.25) is 5.02 Å². The fourth-order valence-electron chi connectivity index (χ4n) is 4.36. The summed E-state index contributed by atoms with van der Waals surface area (Å²) in [5, 5.41) is 3.70. The van der Waals surface area contributed by atoms with E-state index in [2.05, 4.69) is 21.1 Å². The van der Waals surface area contributed by atoms with Crippen LogP contribution < -0.4 is 10.0 Å². The Bertz CT molecular complexity index is 936. The minimum absolute atomic E-state index is 0.217. The first-order chi connectivity index (χ1) is 13.9. The van der Waals surface area contributed by atoms with Crippen LogP contribution in [0.25, 0.3) is 0 Å². The lowest BCUT2D eigenvalue weighted by Crippen LogP contribution is -2.50. The van der Waals surface area contributed by atoms with Crippen molar-refractivity contribution in [1.29, 1.82) is 0 Å². The van der Waals surface area contributed by atoms with Crippen LogP contribution in [-0.2, 0) is 15.4 Å². The van der Waals surface area contributed by atoms with Crippen molar-refractivity contribution in [2.45, 2.75) is 42.4 Å². The summed E-state index contributed by atoms with van der Waals surface area (Å²) in [7, 11) is -1.72. The predicted octanol–water partition coefficient (Wildman–Crippen LogP) is 4.08. The molecule has 0 aliphatic heterocycles. The molecule has 2 N–H and O–H groups in total. The Morgan fingerprint density at radius 2 is 2.03 bits per heavy atom. The Hall–Kier alpha value is -1.54. The molecular weight excluding hydrogens is 426 g/mol. The van der Waals surface area contributed by atoms with Crippen LogP contribution in [0.1, 0.15) is 37.7 Å². The zero-order valence-electron chi connectivity index (χ0n) is 16.4. The quantitative estimate of drug-likeness (QED) is 0.620. The van der Waals surface area contributed by atoms with E-state index < -0.39 is 10.0 Å². The average Bonchev–Trinajstić information content (AvgIpc) is 2.74. The number of aromatic nitrogens is 1. The molecule has 3 rings (SSSR count). The van der Waals surface area contributed by atoms with Gasteiger partial charge in [0.15, 0.2) is 0 Å². The van der Waals surface area contributed by atoms with E-state index in [-0.39, 0.29) is 16.2 Å². The summed E-state index contributed by atoms with van der Waals surface area (Å²) < 4.78 is 27.9. The molecule has 156 valence electrons. The van der Waals surface area contributed by atoms with E-state index in [9.17, 15) is 8.42 Å². The Morgan fingerprint density at radius 1 is 1.28 bits per heavy atom. The molecular formula is C21H26ClN3O2S2. The molecule has 5 nitrogen and oxygen atoms in total. The van der Waals surface area contributed by atoms with Gasteiger partial charge in [-0.1, -0.05) is 42.7 Å². The third-order valence-electron chi connectivity index (χ3n) is 5.79. The number of benzene rings is 1. The normalized spacial score (nSPS) is 22.2. The van der Waals surface area contributed by atoms with Gasteiger partial charge in [-0.25, -0.2) is 13.1 Å². The summed E-state index contributed by atoms with van der Waals surface area (Å²) in [6.45, 7) is 0.351. The maximum atomic E-state index is 12.6. The number of sulfonamides is 1. The van der Waals surface area contributed by atoms with Gasteiger partial charge in [0, 0.05) is 36.4 Å². The second-order valence-corrected chi connectivity index (χ2v) is 9.99. The van der Waals surface area contributed by atoms with Crippen LogP contribution in [0.3, 0.4) is 0 Å². The molecule has 2 atom stereocenters. The standard InChI is InChI=1S/C21H26ClN3O2S2/c1-23-20(28)21(17-6-4-13-24-15-17)12-3-2-5-16(21)11-14-25-29(26,27)19-9-7-18(22)8-10-19/h4,6-10,13,15-16,25H,2-3,5,11-12,14H2,1H3,(H,23,28)/t16-,21+/m1/s1. The van der Waals surface area contributed by atoms with Crippen LogP contribution in [0.4, 0.5) is 0 Å². The summed E-state index contributed by atoms with van der Waals surface area (Å²) in [6.07, 6.45) is 8.49. The summed E-state index contributed by atoms with van der Waals surface area (Å²) in [6, 6.07) is 10.2. The number of hydrogen-bond donors (Lipinski definition) is 2. The topological polar surface area (TPSA) is 71.1 Å². The molecule has 8 heteroatoms. The Labute approximate surface area is 183 Å². The van der Waals surface area contributed by atoms with E-state index in [4.69, 9.17) is 23.8 Å². The summed E-state index contributed by atoms with van der Waals surface area (Å²) in [5.74, 6) is 0.230. The van der Waals surface area contributed by atoms with Gasteiger partial charge < -0.3 is 5.32 Å². The van der Waals surface area contributed by atoms with Crippen molar-refractivity contribution in [3.05, 3.63) is 59.4 Å². The van der Waals surface area contributed by atoms with Gasteiger partial charge in [-0.3, -0.25) is 4.98 Å². The monoisotopic (exact) mass is 451 g/mol. The van der Waals surface area contributed by atoms with E-state index >= 15 is 0 Å². The van der Waals surface area contributed by atoms with Gasteiger partial charge in [0.25, 0.3) is 0 Å². The smallest absolute Gasteiger partial charge is 0.240 e. The van der Waals surface area contributed by atoms with Crippen LogP contribution in [0.15, 0.2) is 53.7 Å². The van der Waals surface area contributed by atoms with E-state index in [1.54, 1.807) is 18.3 Å². The molecule has 1 saturated carbocycles. The van der Waals surface area contributed by atoms with E-state index in [1.165, 1.54) is 12.1 Å². The molecule has 1 heterocycles. The lowest BCUT2D eigenvalue weighted by atomic mass is 9.61. The zero-order valence-corrected chi connectivity index (χ0v) is 18.8. The molecule has 1 aliphatic carbocycles. The number of halogens is 1. The maximum absolute atomic E-state index is 12.6. The number of hydrogen-bond acceptors (Lipinski definition) is 4. The molecule has 1 aliphatic rings. The highest BCUT2D eigenvalue weighted by atomic mass is 35.5. The first-order valence-electron chi connectivity index (χ1n) is 9.78. The zero-order chi connectivity index (χ0) is 20.9. The average molecular weight is 452 g/mol. The molecule has 0 bridgehead atoms. The Morgan fingerprint density at radius 3 is 2.69 bits per heavy atom. The molecule has 0 amide bonds. The van der Waals surface area contributed by atoms with E-state index in [1.807, 2.05) is 19.3 Å². The highest BCUT2D eigenvalue weighted by Gasteiger charge is 2.45. The van der Waals surface area contributed by atoms with Crippen molar-refractivity contribution < 1.29 is 8.42 Å². The van der Waals surface area contributed by atoms with Gasteiger partial charge in [0.2, 0.25) is 10.0 Å². The van der Waals surface area contributed by atoms with Crippen LogP contribution in [0, 0.1) is 5.92 Å². The first-order valence-corrected chi connectivity index (χ1v) is 12.0. The number of rotatable bonds is 7. The molecule has 0 spiro atoms. The summed E-state index contributed by atoms with van der Waals surface area (Å²) in [4.78, 5) is 5.33. The van der Waals surface area contributed by atoms with Gasteiger partial charge in [0.1, 0.15) is 0 Å². The molecule has 1 aromatic carbocycles. The molecule has 1 fully saturated rings. The minimum Gasteiger partial charge on any atom is -0.382 e. The maximum Gasteiger partial charge on any atom is 0.240 e. The largest absolute Gasteiger partial charge is 0.382 e. The van der Waals surface area contributed by atoms with Crippen molar-refractivity contribution in [1.82, 2.24) is 15.0 Å². The van der Waals surface area contributed by atoms with Crippen molar-refractivity contribution in [2.24, 2.45) is 5.92 Å². The highest BCUT2D eigenvalue weighted by molar-refractivity contribution is 7.89. The fourth-order valence-corrected chi connectivity index (χ4v) is 5.92. The van der Waals surface area contributed by atoms with Gasteiger partial charge in [-0.2, -0.15) is 0 Å². The predicted molar refractivity (Wildman–Crippen MR) is 121 cm³/mol. The molecule has 2 aromatic rings. The number of likely N-dealkylation sites (N-methyl/N-ethyl adjacent to an activating group) is 1. The minimum atomic E-state index is -3.58. The Balaban J connectivity index is 1.79. The van der Waals surface area contributed by atoms with Gasteiger partial charge in [-0.05, 0) is 61.1 Å². The lowest BCUT2D eigenvalue weighted by molar-refractivity contribution is 0.239. The van der Waals surface area contributed by atoms with E-state index in [0.717, 1.165) is 36.2 Å². The SMILES string of the molecule is CNC(=S)[C@@]1(c2cccnc2)CCCC[C@@H]1CCNS(=O)(=O)c1ccc(Cl)cc1. The second-order valence-electron chi connectivity index (χ2n) is 7.38. The van der Waals surface area contributed by atoms with Crippen molar-refractivity contribution in [3.63, 3.8) is 0 Å². The van der Waals surface area contributed by atoms with Crippen LogP contribution in [-0.4, -0.2) is 32.0 Å². The Kier molecular flexibility index (Phi) is 7.27. The number of thiocarbonyl (C=S) groups is 1. The highest BCUT2D eigenvalue weighted by Crippen LogP contribution is 2.46. The third-order valence-corrected chi connectivity index (χ3v) is 8.09. The van der Waals surface area contributed by atoms with Crippen LogP contribution >= 0.6 is 23.8 Å². The molecule has 0 saturated heterocycles. The van der Waals surface area contributed by atoms with E-state index in [0.29, 0.717) is 18.0 Å². The first kappa shape index (κ1) is 22.2. The fraction of sp³-hybridized carbons (Fsp3) is 0.429. The number of pyridine rings is 1. The molecule has 0 radical (unpaired) electrons.